The maximum atomic E-state index is 6.85. The summed E-state index contributed by atoms with van der Waals surface area (Å²) in [5, 5.41) is 13.6. The Morgan fingerprint density at radius 2 is 1.20 bits per heavy atom. The molecule has 0 spiro atoms. The second-order valence-corrected chi connectivity index (χ2v) is 12.4. The molecule has 2 heterocycles. The molecule has 0 amide bonds. The molecule has 0 fully saturated rings. The van der Waals surface area contributed by atoms with E-state index in [1.165, 1.54) is 0 Å². The average molecular weight is 647 g/mol. The summed E-state index contributed by atoms with van der Waals surface area (Å²) in [6.07, 6.45) is 3.89. The standard InChI is InChI=1S/C43H31BN4O2/c1-3-13-30(14-4-1)28-48-29-38(46-47-48)43(33-17-5-2-6-18-33)45-27-34-19-9-12-22-37(34)44-49-39-25-23-31-15-7-10-20-35(31)41(39)42-36-21-11-8-16-32(36)24-26-40(42)50-44/h1-27,29,43H,28H2/t43-/m0/s1. The van der Waals surface area contributed by atoms with Crippen molar-refractivity contribution in [2.45, 2.75) is 12.6 Å². The van der Waals surface area contributed by atoms with Gasteiger partial charge in [0.25, 0.3) is 0 Å². The third-order valence-corrected chi connectivity index (χ3v) is 9.25. The van der Waals surface area contributed by atoms with Gasteiger partial charge in [0, 0.05) is 22.8 Å². The second-order valence-electron chi connectivity index (χ2n) is 12.4. The molecule has 6 nitrogen and oxygen atoms in total. The summed E-state index contributed by atoms with van der Waals surface area (Å²) >= 11 is 0. The summed E-state index contributed by atoms with van der Waals surface area (Å²) in [5.74, 6) is 1.54. The number of fused-ring (bicyclic) bond motifs is 7. The molecule has 0 radical (unpaired) electrons. The molecular formula is C43H31BN4O2. The van der Waals surface area contributed by atoms with Crippen LogP contribution in [-0.2, 0) is 6.54 Å². The molecule has 0 saturated heterocycles. The first-order chi connectivity index (χ1) is 24.8. The summed E-state index contributed by atoms with van der Waals surface area (Å²) in [6, 6.07) is 53.4. The second kappa shape index (κ2) is 12.9. The first-order valence-corrected chi connectivity index (χ1v) is 16.8. The average Bonchev–Trinajstić information content (AvgIpc) is 3.55. The summed E-state index contributed by atoms with van der Waals surface area (Å²) < 4.78 is 15.6. The van der Waals surface area contributed by atoms with Crippen LogP contribution in [0.3, 0.4) is 0 Å². The molecule has 1 atom stereocenters. The lowest BCUT2D eigenvalue weighted by atomic mass is 9.75. The van der Waals surface area contributed by atoms with Crippen molar-refractivity contribution < 1.29 is 9.31 Å². The summed E-state index contributed by atoms with van der Waals surface area (Å²) in [4.78, 5) is 5.15. The largest absolute Gasteiger partial charge is 0.633 e. The summed E-state index contributed by atoms with van der Waals surface area (Å²) in [7, 11) is -0.720. The van der Waals surface area contributed by atoms with Gasteiger partial charge < -0.3 is 9.31 Å². The van der Waals surface area contributed by atoms with Gasteiger partial charge in [0.1, 0.15) is 23.2 Å². The Kier molecular flexibility index (Phi) is 7.63. The lowest BCUT2D eigenvalue weighted by Crippen LogP contribution is -2.44. The molecule has 0 N–H and O–H groups in total. The highest BCUT2D eigenvalue weighted by Crippen LogP contribution is 2.47. The van der Waals surface area contributed by atoms with E-state index in [2.05, 4.69) is 107 Å². The molecule has 7 aromatic carbocycles. The van der Waals surface area contributed by atoms with Crippen LogP contribution in [0.2, 0.25) is 0 Å². The third kappa shape index (κ3) is 5.59. The quantitative estimate of drug-likeness (QED) is 0.128. The van der Waals surface area contributed by atoms with E-state index in [1.807, 2.05) is 77.8 Å². The smallest absolute Gasteiger partial charge is 0.521 e. The van der Waals surface area contributed by atoms with Crippen LogP contribution in [0.5, 0.6) is 11.5 Å². The van der Waals surface area contributed by atoms with Crippen LogP contribution in [0.25, 0.3) is 32.7 Å². The Hall–Kier alpha value is -6.47. The van der Waals surface area contributed by atoms with E-state index in [-0.39, 0.29) is 6.04 Å². The molecule has 50 heavy (non-hydrogen) atoms. The fourth-order valence-corrected chi connectivity index (χ4v) is 6.85. The maximum Gasteiger partial charge on any atom is 0.633 e. The van der Waals surface area contributed by atoms with Crippen LogP contribution < -0.4 is 14.8 Å². The molecule has 0 bridgehead atoms. The van der Waals surface area contributed by atoms with Gasteiger partial charge in [-0.3, -0.25) is 4.99 Å². The Bertz CT molecular complexity index is 2410. The lowest BCUT2D eigenvalue weighted by Gasteiger charge is -2.17. The van der Waals surface area contributed by atoms with Crippen LogP contribution >= 0.6 is 0 Å². The van der Waals surface area contributed by atoms with Crippen molar-refractivity contribution in [3.8, 4) is 22.6 Å². The van der Waals surface area contributed by atoms with Crippen LogP contribution in [-0.4, -0.2) is 28.3 Å². The number of hydrogen-bond acceptors (Lipinski definition) is 5. The minimum Gasteiger partial charge on any atom is -0.521 e. The molecule has 0 aliphatic carbocycles. The molecular weight excluding hydrogens is 615 g/mol. The highest BCUT2D eigenvalue weighted by molar-refractivity contribution is 6.64. The minimum atomic E-state index is -0.720. The zero-order valence-electron chi connectivity index (χ0n) is 27.1. The zero-order valence-corrected chi connectivity index (χ0v) is 27.1. The van der Waals surface area contributed by atoms with E-state index in [4.69, 9.17) is 14.3 Å². The molecule has 1 aliphatic rings. The molecule has 8 aromatic rings. The Morgan fingerprint density at radius 1 is 0.620 bits per heavy atom. The number of nitrogens with zero attached hydrogens (tertiary/aromatic N) is 4. The van der Waals surface area contributed by atoms with Gasteiger partial charge in [-0.05, 0) is 50.4 Å². The van der Waals surface area contributed by atoms with Gasteiger partial charge in [-0.2, -0.15) is 0 Å². The highest BCUT2D eigenvalue weighted by atomic mass is 16.6. The van der Waals surface area contributed by atoms with E-state index in [9.17, 15) is 0 Å². The van der Waals surface area contributed by atoms with Crippen molar-refractivity contribution >= 4 is 40.3 Å². The summed E-state index contributed by atoms with van der Waals surface area (Å²) in [5.41, 5.74) is 6.78. The van der Waals surface area contributed by atoms with Crippen LogP contribution in [0.15, 0.2) is 169 Å². The number of benzene rings is 7. The topological polar surface area (TPSA) is 61.5 Å². The number of aliphatic imine (C=N–C) groups is 1. The Morgan fingerprint density at radius 3 is 1.88 bits per heavy atom. The Balaban J connectivity index is 1.12. The lowest BCUT2D eigenvalue weighted by molar-refractivity contribution is 0.448. The minimum absolute atomic E-state index is 0.357. The van der Waals surface area contributed by atoms with Gasteiger partial charge in [0.2, 0.25) is 0 Å². The molecule has 0 unspecified atom stereocenters. The van der Waals surface area contributed by atoms with Crippen LogP contribution in [0.1, 0.15) is 28.4 Å². The number of aromatic nitrogens is 3. The van der Waals surface area contributed by atoms with E-state index < -0.39 is 7.12 Å². The SMILES string of the molecule is C(=N[C@@H](c1ccccc1)c1cn(Cc2ccccc2)nn1)c1ccccc1B1Oc2ccc3ccccc3c2-c2c(ccc3ccccc23)O1. The van der Waals surface area contributed by atoms with Crippen molar-refractivity contribution in [3.05, 3.63) is 186 Å². The van der Waals surface area contributed by atoms with Crippen LogP contribution in [0, 0.1) is 0 Å². The normalized spacial score (nSPS) is 13.0. The van der Waals surface area contributed by atoms with E-state index in [0.29, 0.717) is 6.54 Å². The predicted octanol–water partition coefficient (Wildman–Crippen LogP) is 8.67. The van der Waals surface area contributed by atoms with Crippen LogP contribution in [0.4, 0.5) is 0 Å². The first-order valence-electron chi connectivity index (χ1n) is 16.8. The molecule has 1 aromatic heterocycles. The van der Waals surface area contributed by atoms with E-state index in [0.717, 1.165) is 72.0 Å². The van der Waals surface area contributed by atoms with Crippen molar-refractivity contribution in [3.63, 3.8) is 0 Å². The van der Waals surface area contributed by atoms with Crippen molar-refractivity contribution in [2.75, 3.05) is 0 Å². The van der Waals surface area contributed by atoms with Gasteiger partial charge >= 0.3 is 7.12 Å². The number of rotatable bonds is 7. The van der Waals surface area contributed by atoms with Gasteiger partial charge in [-0.1, -0.05) is 151 Å². The number of hydrogen-bond donors (Lipinski definition) is 0. The van der Waals surface area contributed by atoms with Crippen molar-refractivity contribution in [1.82, 2.24) is 15.0 Å². The third-order valence-electron chi connectivity index (χ3n) is 9.25. The van der Waals surface area contributed by atoms with Gasteiger partial charge in [0.05, 0.1) is 12.7 Å². The van der Waals surface area contributed by atoms with Crippen molar-refractivity contribution in [1.29, 1.82) is 0 Å². The maximum absolute atomic E-state index is 6.85. The van der Waals surface area contributed by atoms with Gasteiger partial charge in [-0.25, -0.2) is 4.68 Å². The predicted molar refractivity (Wildman–Crippen MR) is 201 cm³/mol. The summed E-state index contributed by atoms with van der Waals surface area (Å²) in [6.45, 7) is 0.631. The van der Waals surface area contributed by atoms with E-state index >= 15 is 0 Å². The zero-order chi connectivity index (χ0) is 33.3. The molecule has 0 saturated carbocycles. The highest BCUT2D eigenvalue weighted by Gasteiger charge is 2.35. The fraction of sp³-hybridized carbons (Fsp3) is 0.0465. The van der Waals surface area contributed by atoms with E-state index in [1.54, 1.807) is 0 Å². The molecule has 7 heteroatoms. The van der Waals surface area contributed by atoms with Crippen molar-refractivity contribution in [2.24, 2.45) is 4.99 Å². The van der Waals surface area contributed by atoms with Gasteiger partial charge in [-0.15, -0.1) is 5.10 Å². The Labute approximate surface area is 290 Å². The molecule has 9 rings (SSSR count). The molecule has 238 valence electrons. The van der Waals surface area contributed by atoms with Gasteiger partial charge in [0.15, 0.2) is 0 Å². The fourth-order valence-electron chi connectivity index (χ4n) is 6.85. The molecule has 1 aliphatic heterocycles. The monoisotopic (exact) mass is 646 g/mol. The first kappa shape index (κ1) is 29.7.